The molecule has 0 aliphatic carbocycles. The highest BCUT2D eigenvalue weighted by Crippen LogP contribution is 2.40. The monoisotopic (exact) mass is 349 g/mol. The summed E-state index contributed by atoms with van der Waals surface area (Å²) in [6.07, 6.45) is -0.527. The Morgan fingerprint density at radius 2 is 2.00 bits per heavy atom. The van der Waals surface area contributed by atoms with E-state index in [4.69, 9.17) is 9.47 Å². The number of hydrogen-bond donors (Lipinski definition) is 1. The van der Waals surface area contributed by atoms with Crippen molar-refractivity contribution in [2.45, 2.75) is 26.6 Å². The molecule has 1 aliphatic heterocycles. The van der Waals surface area contributed by atoms with Gasteiger partial charge in [-0.2, -0.15) is 0 Å². The second kappa shape index (κ2) is 6.96. The van der Waals surface area contributed by atoms with Gasteiger partial charge < -0.3 is 14.6 Å². The minimum absolute atomic E-state index is 0.0971. The summed E-state index contributed by atoms with van der Waals surface area (Å²) in [7, 11) is 0. The Bertz CT molecular complexity index is 922. The van der Waals surface area contributed by atoms with Crippen molar-refractivity contribution < 1.29 is 14.6 Å². The average molecular weight is 349 g/mol. The van der Waals surface area contributed by atoms with Crippen LogP contribution < -0.4 is 9.47 Å². The zero-order valence-corrected chi connectivity index (χ0v) is 15.1. The lowest BCUT2D eigenvalue weighted by Crippen LogP contribution is -2.29. The van der Waals surface area contributed by atoms with Crippen LogP contribution >= 0.6 is 0 Å². The lowest BCUT2D eigenvalue weighted by atomic mass is 9.85. The SMILES string of the molecule is CC(C)C1COc2ccc(OCc3ccc4ccccc4n3)cc2C1O. The second-order valence-electron chi connectivity index (χ2n) is 7.15. The highest BCUT2D eigenvalue weighted by Gasteiger charge is 2.31. The average Bonchev–Trinajstić information content (AvgIpc) is 2.66. The summed E-state index contributed by atoms with van der Waals surface area (Å²) in [5.41, 5.74) is 2.64. The molecule has 0 fully saturated rings. The van der Waals surface area contributed by atoms with Gasteiger partial charge in [-0.1, -0.05) is 38.1 Å². The van der Waals surface area contributed by atoms with Gasteiger partial charge in [-0.25, -0.2) is 4.98 Å². The molecule has 1 aliphatic rings. The molecule has 0 bridgehead atoms. The van der Waals surface area contributed by atoms with Gasteiger partial charge in [-0.05, 0) is 36.2 Å². The number of aliphatic hydroxyl groups excluding tert-OH is 1. The second-order valence-corrected chi connectivity index (χ2v) is 7.15. The molecule has 26 heavy (non-hydrogen) atoms. The number of ether oxygens (including phenoxy) is 2. The first-order chi connectivity index (χ1) is 12.6. The van der Waals surface area contributed by atoms with Gasteiger partial charge in [0.05, 0.1) is 23.9 Å². The number of pyridine rings is 1. The molecular weight excluding hydrogens is 326 g/mol. The fourth-order valence-corrected chi connectivity index (χ4v) is 3.39. The van der Waals surface area contributed by atoms with Crippen LogP contribution in [0.5, 0.6) is 11.5 Å². The summed E-state index contributed by atoms with van der Waals surface area (Å²) in [6.45, 7) is 5.14. The van der Waals surface area contributed by atoms with Gasteiger partial charge in [0.25, 0.3) is 0 Å². The minimum atomic E-state index is -0.527. The van der Waals surface area contributed by atoms with E-state index in [1.54, 1.807) is 0 Å². The number of nitrogens with zero attached hydrogens (tertiary/aromatic N) is 1. The van der Waals surface area contributed by atoms with Crippen LogP contribution in [0.15, 0.2) is 54.6 Å². The Kier molecular flexibility index (Phi) is 4.51. The van der Waals surface area contributed by atoms with Gasteiger partial charge in [-0.3, -0.25) is 0 Å². The molecule has 134 valence electrons. The van der Waals surface area contributed by atoms with Crippen molar-refractivity contribution in [1.29, 1.82) is 0 Å². The summed E-state index contributed by atoms with van der Waals surface area (Å²) < 4.78 is 11.7. The van der Waals surface area contributed by atoms with Gasteiger partial charge in [0.15, 0.2) is 0 Å². The molecule has 3 aromatic rings. The fraction of sp³-hybridized carbons (Fsp3) is 0.318. The van der Waals surface area contributed by atoms with E-state index in [0.29, 0.717) is 24.9 Å². The van der Waals surface area contributed by atoms with Gasteiger partial charge in [0.1, 0.15) is 18.1 Å². The van der Waals surface area contributed by atoms with E-state index in [1.165, 1.54) is 0 Å². The summed E-state index contributed by atoms with van der Waals surface area (Å²) >= 11 is 0. The van der Waals surface area contributed by atoms with Crippen molar-refractivity contribution in [2.75, 3.05) is 6.61 Å². The van der Waals surface area contributed by atoms with Crippen molar-refractivity contribution in [1.82, 2.24) is 4.98 Å². The first kappa shape index (κ1) is 16.9. The van der Waals surface area contributed by atoms with Crippen molar-refractivity contribution in [2.24, 2.45) is 11.8 Å². The number of aromatic nitrogens is 1. The molecule has 0 saturated carbocycles. The molecule has 2 aromatic carbocycles. The van der Waals surface area contributed by atoms with Crippen LogP contribution in [0, 0.1) is 11.8 Å². The van der Waals surface area contributed by atoms with E-state index >= 15 is 0 Å². The molecule has 0 saturated heterocycles. The Labute approximate surface area is 153 Å². The maximum Gasteiger partial charge on any atom is 0.130 e. The van der Waals surface area contributed by atoms with Gasteiger partial charge >= 0.3 is 0 Å². The highest BCUT2D eigenvalue weighted by molar-refractivity contribution is 5.78. The first-order valence-corrected chi connectivity index (χ1v) is 9.04. The van der Waals surface area contributed by atoms with E-state index in [2.05, 4.69) is 24.9 Å². The van der Waals surface area contributed by atoms with E-state index in [0.717, 1.165) is 27.9 Å². The van der Waals surface area contributed by atoms with Crippen molar-refractivity contribution in [3.8, 4) is 11.5 Å². The van der Waals surface area contributed by atoms with E-state index in [9.17, 15) is 5.11 Å². The molecule has 4 heteroatoms. The molecule has 0 spiro atoms. The largest absolute Gasteiger partial charge is 0.493 e. The third-order valence-electron chi connectivity index (χ3n) is 5.04. The summed E-state index contributed by atoms with van der Waals surface area (Å²) in [5, 5.41) is 11.8. The standard InChI is InChI=1S/C22H23NO3/c1-14(2)19-13-26-21-10-9-17(11-18(21)22(19)24)25-12-16-8-7-15-5-3-4-6-20(15)23-16/h3-11,14,19,22,24H,12-13H2,1-2H3. The number of hydrogen-bond acceptors (Lipinski definition) is 4. The number of aliphatic hydroxyl groups is 1. The number of para-hydroxylation sites is 1. The third-order valence-corrected chi connectivity index (χ3v) is 5.04. The predicted octanol–water partition coefficient (Wildman–Crippen LogP) is 4.51. The van der Waals surface area contributed by atoms with Crippen LogP contribution in [0.25, 0.3) is 10.9 Å². The summed E-state index contributed by atoms with van der Waals surface area (Å²) in [4.78, 5) is 4.63. The van der Waals surface area contributed by atoms with Crippen LogP contribution in [0.3, 0.4) is 0 Å². The zero-order chi connectivity index (χ0) is 18.1. The highest BCUT2D eigenvalue weighted by atomic mass is 16.5. The van der Waals surface area contributed by atoms with Gasteiger partial charge in [0.2, 0.25) is 0 Å². The van der Waals surface area contributed by atoms with Crippen LogP contribution in [0.1, 0.15) is 31.2 Å². The number of benzene rings is 2. The summed E-state index contributed by atoms with van der Waals surface area (Å²) in [5.74, 6) is 1.90. The van der Waals surface area contributed by atoms with Crippen LogP contribution in [-0.2, 0) is 6.61 Å². The molecule has 2 unspecified atom stereocenters. The van der Waals surface area contributed by atoms with Crippen molar-refractivity contribution in [3.63, 3.8) is 0 Å². The molecule has 0 radical (unpaired) electrons. The Morgan fingerprint density at radius 1 is 1.15 bits per heavy atom. The van der Waals surface area contributed by atoms with E-state index in [1.807, 2.05) is 48.5 Å². The molecule has 4 rings (SSSR count). The van der Waals surface area contributed by atoms with Crippen LogP contribution in [0.4, 0.5) is 0 Å². The van der Waals surface area contributed by atoms with E-state index in [-0.39, 0.29) is 5.92 Å². The molecule has 2 atom stereocenters. The normalized spacial score (nSPS) is 19.2. The van der Waals surface area contributed by atoms with Crippen LogP contribution in [0.2, 0.25) is 0 Å². The lowest BCUT2D eigenvalue weighted by Gasteiger charge is -2.32. The molecule has 1 N–H and O–H groups in total. The molecule has 0 amide bonds. The smallest absolute Gasteiger partial charge is 0.130 e. The first-order valence-electron chi connectivity index (χ1n) is 9.04. The molecule has 2 heterocycles. The quantitative estimate of drug-likeness (QED) is 0.753. The Morgan fingerprint density at radius 3 is 2.85 bits per heavy atom. The van der Waals surface area contributed by atoms with E-state index < -0.39 is 6.10 Å². The summed E-state index contributed by atoms with van der Waals surface area (Å²) in [6, 6.07) is 17.7. The number of rotatable bonds is 4. The lowest BCUT2D eigenvalue weighted by molar-refractivity contribution is 0.0260. The zero-order valence-electron chi connectivity index (χ0n) is 15.1. The maximum atomic E-state index is 10.7. The molecule has 1 aromatic heterocycles. The van der Waals surface area contributed by atoms with Crippen LogP contribution in [-0.4, -0.2) is 16.7 Å². The van der Waals surface area contributed by atoms with Crippen molar-refractivity contribution in [3.05, 3.63) is 65.9 Å². The fourth-order valence-electron chi connectivity index (χ4n) is 3.39. The predicted molar refractivity (Wildman–Crippen MR) is 101 cm³/mol. The third kappa shape index (κ3) is 3.25. The maximum absolute atomic E-state index is 10.7. The van der Waals surface area contributed by atoms with Gasteiger partial charge in [-0.15, -0.1) is 0 Å². The Hall–Kier alpha value is -2.59. The Balaban J connectivity index is 1.52. The topological polar surface area (TPSA) is 51.6 Å². The van der Waals surface area contributed by atoms with Crippen molar-refractivity contribution >= 4 is 10.9 Å². The molecule has 4 nitrogen and oxygen atoms in total. The minimum Gasteiger partial charge on any atom is -0.493 e. The molecular formula is C22H23NO3. The number of fused-ring (bicyclic) bond motifs is 2. The van der Waals surface area contributed by atoms with Gasteiger partial charge in [0, 0.05) is 16.9 Å².